The second kappa shape index (κ2) is 11.9. The van der Waals surface area contributed by atoms with Gasteiger partial charge in [-0.3, -0.25) is 4.90 Å². The number of hydrogen-bond donors (Lipinski definition) is 2. The Morgan fingerprint density at radius 3 is 2.49 bits per heavy atom. The van der Waals surface area contributed by atoms with E-state index >= 15 is 0 Å². The van der Waals surface area contributed by atoms with Gasteiger partial charge in [0.1, 0.15) is 5.75 Å². The van der Waals surface area contributed by atoms with E-state index in [0.29, 0.717) is 29.4 Å². The van der Waals surface area contributed by atoms with Gasteiger partial charge in [-0.2, -0.15) is 13.7 Å². The van der Waals surface area contributed by atoms with Crippen LogP contribution in [0.15, 0.2) is 72.8 Å². The fraction of sp³-hybridized carbons (Fsp3) is 0.286. The average Bonchev–Trinajstić information content (AvgIpc) is 2.86. The van der Waals surface area contributed by atoms with Crippen LogP contribution >= 0.6 is 0 Å². The van der Waals surface area contributed by atoms with Gasteiger partial charge in [-0.25, -0.2) is 4.79 Å². The van der Waals surface area contributed by atoms with Crippen LogP contribution in [0.25, 0.3) is 0 Å². The fourth-order valence-corrected chi connectivity index (χ4v) is 4.99. The number of urea groups is 1. The van der Waals surface area contributed by atoms with Crippen LogP contribution in [0.2, 0.25) is 0 Å². The van der Waals surface area contributed by atoms with Crippen molar-refractivity contribution in [2.75, 3.05) is 30.0 Å². The highest BCUT2D eigenvalue weighted by Crippen LogP contribution is 2.28. The number of rotatable bonds is 8. The maximum atomic E-state index is 12.7. The minimum atomic E-state index is -3.69. The highest BCUT2D eigenvalue weighted by atomic mass is 32.2. The standard InChI is InChI=1S/C28H30N4O4S/c1-37(34,35)36-26-10-11-27(31-28(33)30-25-9-5-8-23(17-25)19-29)24(18-26)20-32-14-12-22(13-15-32)16-21-6-3-2-4-7-21/h2-11,17-18,22H,12-16,20H2,1H3,(H2,30,31,33). The molecule has 3 aromatic carbocycles. The van der Waals surface area contributed by atoms with Gasteiger partial charge < -0.3 is 14.8 Å². The normalized spacial score (nSPS) is 14.5. The number of hydrogen-bond acceptors (Lipinski definition) is 6. The Morgan fingerprint density at radius 1 is 1.03 bits per heavy atom. The fourth-order valence-electron chi connectivity index (χ4n) is 4.54. The Hall–Kier alpha value is -3.87. The molecule has 37 heavy (non-hydrogen) atoms. The van der Waals surface area contributed by atoms with E-state index < -0.39 is 16.1 Å². The third-order valence-corrected chi connectivity index (χ3v) is 6.79. The van der Waals surface area contributed by atoms with Crippen LogP contribution in [-0.4, -0.2) is 38.7 Å². The first-order chi connectivity index (χ1) is 17.8. The molecule has 1 aliphatic rings. The lowest BCUT2D eigenvalue weighted by Crippen LogP contribution is -2.34. The summed E-state index contributed by atoms with van der Waals surface area (Å²) in [7, 11) is -3.69. The first-order valence-electron chi connectivity index (χ1n) is 12.1. The molecule has 0 aliphatic carbocycles. The van der Waals surface area contributed by atoms with Crippen LogP contribution in [0.5, 0.6) is 5.75 Å². The molecule has 9 heteroatoms. The molecule has 1 fully saturated rings. The minimum absolute atomic E-state index is 0.198. The lowest BCUT2D eigenvalue weighted by molar-refractivity contribution is 0.177. The Labute approximate surface area is 218 Å². The largest absolute Gasteiger partial charge is 0.383 e. The predicted octanol–water partition coefficient (Wildman–Crippen LogP) is 5.00. The Morgan fingerprint density at radius 2 is 1.78 bits per heavy atom. The number of nitrogens with zero attached hydrogens (tertiary/aromatic N) is 2. The molecule has 0 radical (unpaired) electrons. The molecule has 0 bridgehead atoms. The van der Waals surface area contributed by atoms with Crippen molar-refractivity contribution in [3.63, 3.8) is 0 Å². The average molecular weight is 519 g/mol. The quantitative estimate of drug-likeness (QED) is 0.406. The molecule has 2 N–H and O–H groups in total. The first kappa shape index (κ1) is 26.2. The number of nitrogens with one attached hydrogen (secondary N) is 2. The second-order valence-electron chi connectivity index (χ2n) is 9.29. The van der Waals surface area contributed by atoms with Crippen LogP contribution in [0.1, 0.15) is 29.5 Å². The van der Waals surface area contributed by atoms with Crippen LogP contribution in [-0.2, 0) is 23.1 Å². The minimum Gasteiger partial charge on any atom is -0.383 e. The highest BCUT2D eigenvalue weighted by molar-refractivity contribution is 7.86. The molecule has 1 saturated heterocycles. The molecule has 4 rings (SSSR count). The monoisotopic (exact) mass is 518 g/mol. The zero-order valence-corrected chi connectivity index (χ0v) is 21.5. The molecule has 0 aromatic heterocycles. The summed E-state index contributed by atoms with van der Waals surface area (Å²) in [6, 6.07) is 23.5. The molecule has 2 amide bonds. The van der Waals surface area contributed by atoms with Gasteiger partial charge >= 0.3 is 16.1 Å². The number of carbonyl (C=O) groups is 1. The number of amides is 2. The molecule has 8 nitrogen and oxygen atoms in total. The van der Waals surface area contributed by atoms with Gasteiger partial charge in [0.25, 0.3) is 0 Å². The third-order valence-electron chi connectivity index (χ3n) is 6.29. The molecule has 0 spiro atoms. The number of likely N-dealkylation sites (tertiary alicyclic amines) is 1. The summed E-state index contributed by atoms with van der Waals surface area (Å²) in [5.74, 6) is 0.815. The van der Waals surface area contributed by atoms with E-state index in [9.17, 15) is 13.2 Å². The van der Waals surface area contributed by atoms with Crippen molar-refractivity contribution in [2.24, 2.45) is 5.92 Å². The van der Waals surface area contributed by atoms with E-state index in [1.165, 1.54) is 11.6 Å². The molecule has 0 unspecified atom stereocenters. The zero-order chi connectivity index (χ0) is 26.3. The molecule has 1 heterocycles. The molecular weight excluding hydrogens is 488 g/mol. The van der Waals surface area contributed by atoms with Crippen molar-refractivity contribution < 1.29 is 17.4 Å². The summed E-state index contributed by atoms with van der Waals surface area (Å²) in [4.78, 5) is 15.0. The Kier molecular flexibility index (Phi) is 8.43. The van der Waals surface area contributed by atoms with E-state index in [1.807, 2.05) is 12.1 Å². The van der Waals surface area contributed by atoms with Crippen molar-refractivity contribution >= 4 is 27.5 Å². The van der Waals surface area contributed by atoms with Gasteiger partial charge in [0.15, 0.2) is 0 Å². The van der Waals surface area contributed by atoms with Crippen molar-refractivity contribution in [1.82, 2.24) is 4.90 Å². The van der Waals surface area contributed by atoms with E-state index in [2.05, 4.69) is 39.8 Å². The highest BCUT2D eigenvalue weighted by Gasteiger charge is 2.21. The Balaban J connectivity index is 1.44. The van der Waals surface area contributed by atoms with E-state index in [-0.39, 0.29) is 5.75 Å². The number of piperidine rings is 1. The van der Waals surface area contributed by atoms with E-state index in [4.69, 9.17) is 9.44 Å². The predicted molar refractivity (Wildman–Crippen MR) is 144 cm³/mol. The molecule has 0 saturated carbocycles. The summed E-state index contributed by atoms with van der Waals surface area (Å²) < 4.78 is 28.4. The number of carbonyl (C=O) groups excluding carboxylic acids is 1. The number of benzene rings is 3. The smallest absolute Gasteiger partial charge is 0.323 e. The molecular formula is C28H30N4O4S. The van der Waals surface area contributed by atoms with E-state index in [1.54, 1.807) is 36.4 Å². The third kappa shape index (κ3) is 8.07. The summed E-state index contributed by atoms with van der Waals surface area (Å²) in [6.45, 7) is 2.35. The maximum Gasteiger partial charge on any atom is 0.323 e. The Bertz CT molecular complexity index is 1380. The van der Waals surface area contributed by atoms with Crippen LogP contribution in [0, 0.1) is 17.2 Å². The van der Waals surface area contributed by atoms with Crippen molar-refractivity contribution in [3.05, 3.63) is 89.5 Å². The van der Waals surface area contributed by atoms with Gasteiger partial charge in [-0.15, -0.1) is 0 Å². The molecule has 0 atom stereocenters. The first-order valence-corrected chi connectivity index (χ1v) is 14.0. The molecule has 3 aromatic rings. The van der Waals surface area contributed by atoms with Gasteiger partial charge in [0, 0.05) is 17.9 Å². The maximum absolute atomic E-state index is 12.7. The SMILES string of the molecule is CS(=O)(=O)Oc1ccc(NC(=O)Nc2cccc(C#N)c2)c(CN2CCC(Cc3ccccc3)CC2)c1. The summed E-state index contributed by atoms with van der Waals surface area (Å²) in [5, 5.41) is 14.7. The summed E-state index contributed by atoms with van der Waals surface area (Å²) in [5.41, 5.74) is 3.60. The summed E-state index contributed by atoms with van der Waals surface area (Å²) in [6.07, 6.45) is 4.19. The zero-order valence-electron chi connectivity index (χ0n) is 20.7. The lowest BCUT2D eigenvalue weighted by atomic mass is 9.90. The van der Waals surface area contributed by atoms with Gasteiger partial charge in [0.05, 0.1) is 17.9 Å². The van der Waals surface area contributed by atoms with Crippen LogP contribution in [0.3, 0.4) is 0 Å². The molecule has 1 aliphatic heterocycles. The van der Waals surface area contributed by atoms with Gasteiger partial charge in [0.2, 0.25) is 0 Å². The number of nitriles is 1. The van der Waals surface area contributed by atoms with Crippen LogP contribution in [0.4, 0.5) is 16.2 Å². The van der Waals surface area contributed by atoms with Gasteiger partial charge in [-0.05, 0) is 85.8 Å². The van der Waals surface area contributed by atoms with E-state index in [0.717, 1.165) is 44.2 Å². The van der Waals surface area contributed by atoms with Crippen molar-refractivity contribution in [2.45, 2.75) is 25.8 Å². The topological polar surface area (TPSA) is 112 Å². The molecule has 192 valence electrons. The van der Waals surface area contributed by atoms with Gasteiger partial charge in [-0.1, -0.05) is 36.4 Å². The van der Waals surface area contributed by atoms with Crippen molar-refractivity contribution in [3.8, 4) is 11.8 Å². The number of anilines is 2. The van der Waals surface area contributed by atoms with Crippen LogP contribution < -0.4 is 14.8 Å². The van der Waals surface area contributed by atoms with Crippen molar-refractivity contribution in [1.29, 1.82) is 5.26 Å². The summed E-state index contributed by atoms with van der Waals surface area (Å²) >= 11 is 0. The second-order valence-corrected chi connectivity index (χ2v) is 10.9. The lowest BCUT2D eigenvalue weighted by Gasteiger charge is -2.32.